The maximum absolute atomic E-state index is 2.53. The lowest BCUT2D eigenvalue weighted by Crippen LogP contribution is -2.59. The zero-order chi connectivity index (χ0) is 29.5. The van der Waals surface area contributed by atoms with E-state index in [0.717, 1.165) is 0 Å². The molecule has 5 heteroatoms. The molecule has 2 aliphatic rings. The Balaban J connectivity index is 1.28. The van der Waals surface area contributed by atoms with E-state index < -0.39 is 0 Å². The van der Waals surface area contributed by atoms with E-state index in [1.54, 1.807) is 0 Å². The third-order valence-electron chi connectivity index (χ3n) is 9.24. The molecule has 210 valence electrons. The summed E-state index contributed by atoms with van der Waals surface area (Å²) in [6.45, 7) is 0.163. The molecule has 4 heterocycles. The molecule has 2 aromatic heterocycles. The Morgan fingerprint density at radius 3 is 1.44 bits per heavy atom. The zero-order valence-electron chi connectivity index (χ0n) is 24.2. The van der Waals surface area contributed by atoms with E-state index in [1.807, 2.05) is 22.7 Å². The first-order valence-electron chi connectivity index (χ1n) is 15.3. The van der Waals surface area contributed by atoms with Gasteiger partial charge in [0.25, 0.3) is 6.71 Å². The molecule has 0 N–H and O–H groups in total. The largest absolute Gasteiger partial charge is 0.310 e. The molecule has 0 aliphatic carbocycles. The molecule has 0 spiro atoms. The van der Waals surface area contributed by atoms with Gasteiger partial charge in [-0.1, -0.05) is 103 Å². The van der Waals surface area contributed by atoms with E-state index in [2.05, 4.69) is 161 Å². The quantitative estimate of drug-likeness (QED) is 0.184. The SMILES string of the molecule is c1ccc(-c2ccc(N3c4cccc5c4B(c4sc6ccccc6c4N5c4ccccc4)c4sc5ccccc5c43)cc2)cc1. The lowest BCUT2D eigenvalue weighted by molar-refractivity contribution is 1.28. The summed E-state index contributed by atoms with van der Waals surface area (Å²) >= 11 is 3.91. The van der Waals surface area contributed by atoms with Crippen LogP contribution in [-0.2, 0) is 0 Å². The van der Waals surface area contributed by atoms with Gasteiger partial charge >= 0.3 is 0 Å². The predicted molar refractivity (Wildman–Crippen MR) is 197 cm³/mol. The van der Waals surface area contributed by atoms with E-state index in [0.29, 0.717) is 0 Å². The van der Waals surface area contributed by atoms with Gasteiger partial charge in [-0.05, 0) is 65.1 Å². The second-order valence-corrected chi connectivity index (χ2v) is 13.9. The number of anilines is 6. The van der Waals surface area contributed by atoms with Gasteiger partial charge in [0, 0.05) is 52.5 Å². The monoisotopic (exact) mass is 608 g/mol. The van der Waals surface area contributed by atoms with E-state index in [-0.39, 0.29) is 6.71 Å². The molecule has 0 saturated carbocycles. The predicted octanol–water partition coefficient (Wildman–Crippen LogP) is 9.87. The van der Waals surface area contributed by atoms with E-state index >= 15 is 0 Å². The highest BCUT2D eigenvalue weighted by Crippen LogP contribution is 2.49. The number of hydrogen-bond donors (Lipinski definition) is 0. The van der Waals surface area contributed by atoms with Crippen molar-refractivity contribution in [2.75, 3.05) is 9.80 Å². The maximum Gasteiger partial charge on any atom is 0.277 e. The molecule has 10 rings (SSSR count). The molecule has 2 aliphatic heterocycles. The first-order valence-corrected chi connectivity index (χ1v) is 16.9. The van der Waals surface area contributed by atoms with Gasteiger partial charge in [-0.25, -0.2) is 0 Å². The minimum absolute atomic E-state index is 0.163. The average Bonchev–Trinajstić information content (AvgIpc) is 3.68. The number of para-hydroxylation sites is 1. The van der Waals surface area contributed by atoms with Crippen molar-refractivity contribution in [2.24, 2.45) is 0 Å². The fourth-order valence-electron chi connectivity index (χ4n) is 7.35. The number of benzene rings is 6. The van der Waals surface area contributed by atoms with Gasteiger partial charge in [-0.3, -0.25) is 0 Å². The second-order valence-electron chi connectivity index (χ2n) is 11.7. The van der Waals surface area contributed by atoms with Crippen molar-refractivity contribution < 1.29 is 0 Å². The summed E-state index contributed by atoms with van der Waals surface area (Å²) in [4.78, 5) is 5.04. The number of thiophene rings is 2. The summed E-state index contributed by atoms with van der Waals surface area (Å²) in [5.74, 6) is 0. The fourth-order valence-corrected chi connectivity index (χ4v) is 10.0. The Bertz CT molecular complexity index is 2390. The van der Waals surface area contributed by atoms with Gasteiger partial charge in [0.15, 0.2) is 0 Å². The molecule has 0 radical (unpaired) electrons. The van der Waals surface area contributed by atoms with Crippen LogP contribution < -0.4 is 24.8 Å². The molecular weight excluding hydrogens is 583 g/mol. The van der Waals surface area contributed by atoms with Gasteiger partial charge in [-0.15, -0.1) is 22.7 Å². The van der Waals surface area contributed by atoms with Crippen molar-refractivity contribution in [3.8, 4) is 11.1 Å². The van der Waals surface area contributed by atoms with E-state index in [4.69, 9.17) is 0 Å². The normalized spacial score (nSPS) is 13.2. The topological polar surface area (TPSA) is 6.48 Å². The fraction of sp³-hybridized carbons (Fsp3) is 0. The van der Waals surface area contributed by atoms with Crippen molar-refractivity contribution >= 4 is 98.7 Å². The highest BCUT2D eigenvalue weighted by Gasteiger charge is 2.46. The van der Waals surface area contributed by atoms with Crippen LogP contribution in [0.2, 0.25) is 0 Å². The van der Waals surface area contributed by atoms with Crippen LogP contribution in [0.25, 0.3) is 31.3 Å². The summed E-state index contributed by atoms with van der Waals surface area (Å²) in [6.07, 6.45) is 0. The van der Waals surface area contributed by atoms with Crippen LogP contribution in [0.15, 0.2) is 152 Å². The Morgan fingerprint density at radius 1 is 0.400 bits per heavy atom. The number of nitrogens with zero attached hydrogens (tertiary/aromatic N) is 2. The van der Waals surface area contributed by atoms with Crippen LogP contribution in [0, 0.1) is 0 Å². The first-order chi connectivity index (χ1) is 22.3. The van der Waals surface area contributed by atoms with Crippen LogP contribution >= 0.6 is 22.7 Å². The smallest absolute Gasteiger partial charge is 0.277 e. The Labute approximate surface area is 270 Å². The van der Waals surface area contributed by atoms with Crippen molar-refractivity contribution in [1.29, 1.82) is 0 Å². The molecule has 0 amide bonds. The summed E-state index contributed by atoms with van der Waals surface area (Å²) in [5.41, 5.74) is 11.4. The molecule has 2 nitrogen and oxygen atoms in total. The highest BCUT2D eigenvalue weighted by atomic mass is 32.1. The number of rotatable bonds is 3. The van der Waals surface area contributed by atoms with Crippen molar-refractivity contribution in [3.63, 3.8) is 0 Å². The Hall–Kier alpha value is -5.10. The minimum Gasteiger partial charge on any atom is -0.310 e. The molecule has 0 bridgehead atoms. The Kier molecular flexibility index (Phi) is 5.44. The molecule has 0 atom stereocenters. The second kappa shape index (κ2) is 9.70. The minimum atomic E-state index is 0.163. The van der Waals surface area contributed by atoms with Gasteiger partial charge < -0.3 is 9.80 Å². The maximum atomic E-state index is 2.53. The molecular formula is C40H25BN2S2. The first kappa shape index (κ1) is 25.3. The molecule has 8 aromatic rings. The van der Waals surface area contributed by atoms with Crippen LogP contribution in [0.5, 0.6) is 0 Å². The van der Waals surface area contributed by atoms with Crippen molar-refractivity contribution in [2.45, 2.75) is 0 Å². The molecule has 6 aromatic carbocycles. The third-order valence-corrected chi connectivity index (χ3v) is 11.7. The molecule has 0 saturated heterocycles. The summed E-state index contributed by atoms with van der Waals surface area (Å²) < 4.78 is 5.51. The average molecular weight is 609 g/mol. The summed E-state index contributed by atoms with van der Waals surface area (Å²) in [6, 6.07) is 55.4. The van der Waals surface area contributed by atoms with Crippen LogP contribution in [0.4, 0.5) is 34.1 Å². The van der Waals surface area contributed by atoms with Crippen LogP contribution in [0.3, 0.4) is 0 Å². The van der Waals surface area contributed by atoms with Gasteiger partial charge in [0.1, 0.15) is 0 Å². The third kappa shape index (κ3) is 3.62. The highest BCUT2D eigenvalue weighted by molar-refractivity contribution is 7.40. The summed E-state index contributed by atoms with van der Waals surface area (Å²) in [5, 5.41) is 2.63. The van der Waals surface area contributed by atoms with Gasteiger partial charge in [0.2, 0.25) is 0 Å². The standard InChI is InChI=1S/C40H25BN2S2/c1-3-12-26(13-4-1)27-22-24-29(25-23-27)43-33-19-11-18-32-36(33)41(40-38(43)31-17-8-10-21-35(31)45-40)39-37(30-16-7-9-20-34(30)44-39)42(32)28-14-5-2-6-15-28/h1-25H. The zero-order valence-corrected chi connectivity index (χ0v) is 25.9. The van der Waals surface area contributed by atoms with Crippen molar-refractivity contribution in [3.05, 3.63) is 152 Å². The Morgan fingerprint density at radius 2 is 0.867 bits per heavy atom. The lowest BCUT2D eigenvalue weighted by Gasteiger charge is -2.42. The van der Waals surface area contributed by atoms with Crippen molar-refractivity contribution in [1.82, 2.24) is 0 Å². The van der Waals surface area contributed by atoms with Crippen LogP contribution in [0.1, 0.15) is 0 Å². The van der Waals surface area contributed by atoms with Gasteiger partial charge in [0.05, 0.1) is 11.4 Å². The summed E-state index contributed by atoms with van der Waals surface area (Å²) in [7, 11) is 0. The number of fused-ring (bicyclic) bond motifs is 8. The van der Waals surface area contributed by atoms with E-state index in [9.17, 15) is 0 Å². The van der Waals surface area contributed by atoms with Gasteiger partial charge in [-0.2, -0.15) is 0 Å². The lowest BCUT2D eigenvalue weighted by atomic mass is 9.39. The van der Waals surface area contributed by atoms with Crippen LogP contribution in [-0.4, -0.2) is 6.71 Å². The molecule has 45 heavy (non-hydrogen) atoms. The van der Waals surface area contributed by atoms with E-state index in [1.165, 1.54) is 80.4 Å². The molecule has 0 fully saturated rings. The molecule has 0 unspecified atom stereocenters. The number of hydrogen-bond acceptors (Lipinski definition) is 4.